The van der Waals surface area contributed by atoms with Gasteiger partial charge in [-0.3, -0.25) is 0 Å². The quantitative estimate of drug-likeness (QED) is 0.482. The van der Waals surface area contributed by atoms with Crippen molar-refractivity contribution < 1.29 is 9.53 Å². The van der Waals surface area contributed by atoms with Crippen LogP contribution in [-0.2, 0) is 9.53 Å². The third kappa shape index (κ3) is 4.45. The summed E-state index contributed by atoms with van der Waals surface area (Å²) < 4.78 is 4.98. The molecule has 0 fully saturated rings. The van der Waals surface area contributed by atoms with Crippen LogP contribution in [0.4, 0.5) is 0 Å². The number of carbonyl (C=O) groups excluding carboxylic acids is 1. The Morgan fingerprint density at radius 2 is 1.57 bits per heavy atom. The van der Waals surface area contributed by atoms with Crippen molar-refractivity contribution in [3.63, 3.8) is 0 Å². The molecule has 0 unspecified atom stereocenters. The van der Waals surface area contributed by atoms with Gasteiger partial charge in [0, 0.05) is 5.57 Å². The summed E-state index contributed by atoms with van der Waals surface area (Å²) in [6, 6.07) is 0. The van der Waals surface area contributed by atoms with Crippen LogP contribution in [0.1, 0.15) is 53.4 Å². The second kappa shape index (κ2) is 7.60. The zero-order valence-corrected chi connectivity index (χ0v) is 9.85. The van der Waals surface area contributed by atoms with Gasteiger partial charge in [-0.25, -0.2) is 4.79 Å². The first-order chi connectivity index (χ1) is 6.67. The number of carbonyl (C=O) groups is 1. The van der Waals surface area contributed by atoms with Crippen LogP contribution in [0.15, 0.2) is 11.1 Å². The van der Waals surface area contributed by atoms with Crippen LogP contribution in [0.2, 0.25) is 0 Å². The lowest BCUT2D eigenvalue weighted by molar-refractivity contribution is -0.138. The van der Waals surface area contributed by atoms with Crippen molar-refractivity contribution in [3.05, 3.63) is 11.1 Å². The Labute approximate surface area is 87.3 Å². The van der Waals surface area contributed by atoms with Crippen LogP contribution in [0.3, 0.4) is 0 Å². The first-order valence-electron chi connectivity index (χ1n) is 5.53. The normalized spacial score (nSPS) is 9.71. The van der Waals surface area contributed by atoms with E-state index in [4.69, 9.17) is 4.74 Å². The van der Waals surface area contributed by atoms with Gasteiger partial charge in [0.25, 0.3) is 0 Å². The lowest BCUT2D eigenvalue weighted by Crippen LogP contribution is -2.08. The van der Waals surface area contributed by atoms with Gasteiger partial charge < -0.3 is 4.74 Å². The molecule has 0 aliphatic heterocycles. The third-order valence-electron chi connectivity index (χ3n) is 2.22. The highest BCUT2D eigenvalue weighted by Crippen LogP contribution is 2.17. The largest absolute Gasteiger partial charge is 0.463 e. The number of hydrogen-bond donors (Lipinski definition) is 0. The summed E-state index contributed by atoms with van der Waals surface area (Å²) >= 11 is 0. The van der Waals surface area contributed by atoms with Gasteiger partial charge in [0.1, 0.15) is 0 Å². The van der Waals surface area contributed by atoms with Crippen LogP contribution < -0.4 is 0 Å². The lowest BCUT2D eigenvalue weighted by Gasteiger charge is -2.09. The third-order valence-corrected chi connectivity index (χ3v) is 2.22. The van der Waals surface area contributed by atoms with Gasteiger partial charge in [-0.05, 0) is 26.7 Å². The Morgan fingerprint density at radius 1 is 1.07 bits per heavy atom. The van der Waals surface area contributed by atoms with E-state index in [1.54, 1.807) is 0 Å². The molecule has 0 amide bonds. The van der Waals surface area contributed by atoms with Gasteiger partial charge in [0.15, 0.2) is 0 Å². The van der Waals surface area contributed by atoms with Gasteiger partial charge in [-0.1, -0.05) is 32.3 Å². The van der Waals surface area contributed by atoms with Gasteiger partial charge >= 0.3 is 5.97 Å². The number of hydrogen-bond acceptors (Lipinski definition) is 2. The Balaban J connectivity index is 4.51. The molecule has 0 atom stereocenters. The van der Waals surface area contributed by atoms with E-state index in [9.17, 15) is 4.79 Å². The molecule has 0 heterocycles. The molecule has 0 aromatic rings. The molecular weight excluding hydrogens is 176 g/mol. The van der Waals surface area contributed by atoms with E-state index < -0.39 is 0 Å². The van der Waals surface area contributed by atoms with Crippen LogP contribution in [0.5, 0.6) is 0 Å². The molecule has 0 rings (SSSR count). The van der Waals surface area contributed by atoms with Gasteiger partial charge in [-0.2, -0.15) is 0 Å². The molecule has 2 nitrogen and oxygen atoms in total. The van der Waals surface area contributed by atoms with E-state index >= 15 is 0 Å². The van der Waals surface area contributed by atoms with Crippen molar-refractivity contribution in [1.29, 1.82) is 0 Å². The molecule has 0 saturated carbocycles. The SMILES string of the molecule is CCCC(CCC)=C(C)C(=O)OCC. The molecule has 0 aromatic carbocycles. The lowest BCUT2D eigenvalue weighted by atomic mass is 10.0. The standard InChI is InChI=1S/C12H22O2/c1-5-8-11(9-6-2)10(4)12(13)14-7-3/h5-9H2,1-4H3. The van der Waals surface area contributed by atoms with Crippen LogP contribution in [0, 0.1) is 0 Å². The number of rotatable bonds is 6. The summed E-state index contributed by atoms with van der Waals surface area (Å²) in [4.78, 5) is 11.5. The molecule has 0 aliphatic carbocycles. The van der Waals surface area contributed by atoms with E-state index in [-0.39, 0.29) is 5.97 Å². The molecule has 0 spiro atoms. The van der Waals surface area contributed by atoms with Crippen LogP contribution in [0.25, 0.3) is 0 Å². The molecule has 0 aliphatic rings. The van der Waals surface area contributed by atoms with E-state index in [1.165, 1.54) is 5.57 Å². The zero-order valence-electron chi connectivity index (χ0n) is 9.85. The predicted molar refractivity (Wildman–Crippen MR) is 59.1 cm³/mol. The molecule has 82 valence electrons. The average molecular weight is 198 g/mol. The van der Waals surface area contributed by atoms with Crippen molar-refractivity contribution in [2.75, 3.05) is 6.61 Å². The smallest absolute Gasteiger partial charge is 0.333 e. The minimum atomic E-state index is -0.149. The van der Waals surface area contributed by atoms with Gasteiger partial charge in [-0.15, -0.1) is 0 Å². The second-order valence-electron chi connectivity index (χ2n) is 3.45. The Kier molecular flexibility index (Phi) is 7.17. The van der Waals surface area contributed by atoms with Crippen molar-refractivity contribution >= 4 is 5.97 Å². The average Bonchev–Trinajstić information content (AvgIpc) is 2.17. The fourth-order valence-corrected chi connectivity index (χ4v) is 1.49. The highest BCUT2D eigenvalue weighted by molar-refractivity contribution is 5.88. The van der Waals surface area contributed by atoms with E-state index in [2.05, 4.69) is 13.8 Å². The fourth-order valence-electron chi connectivity index (χ4n) is 1.49. The first kappa shape index (κ1) is 13.2. The predicted octanol–water partition coefficient (Wildman–Crippen LogP) is 3.47. The van der Waals surface area contributed by atoms with Crippen molar-refractivity contribution in [3.8, 4) is 0 Å². The fraction of sp³-hybridized carbons (Fsp3) is 0.750. The molecule has 0 bridgehead atoms. The van der Waals surface area contributed by atoms with Gasteiger partial charge in [0.2, 0.25) is 0 Å². The summed E-state index contributed by atoms with van der Waals surface area (Å²) in [6.07, 6.45) is 4.20. The van der Waals surface area contributed by atoms with E-state index in [1.807, 2.05) is 13.8 Å². The molecule has 0 radical (unpaired) electrons. The first-order valence-corrected chi connectivity index (χ1v) is 5.53. The molecular formula is C12H22O2. The van der Waals surface area contributed by atoms with Crippen LogP contribution in [-0.4, -0.2) is 12.6 Å². The molecule has 0 N–H and O–H groups in total. The number of esters is 1. The maximum atomic E-state index is 11.5. The summed E-state index contributed by atoms with van der Waals surface area (Å²) in [5.41, 5.74) is 2.07. The van der Waals surface area contributed by atoms with Crippen molar-refractivity contribution in [1.82, 2.24) is 0 Å². The Bertz CT molecular complexity index is 196. The van der Waals surface area contributed by atoms with E-state index in [0.29, 0.717) is 6.61 Å². The highest BCUT2D eigenvalue weighted by Gasteiger charge is 2.10. The second-order valence-corrected chi connectivity index (χ2v) is 3.45. The summed E-state index contributed by atoms with van der Waals surface area (Å²) in [5.74, 6) is -0.149. The molecule has 2 heteroatoms. The minimum absolute atomic E-state index is 0.149. The topological polar surface area (TPSA) is 26.3 Å². The Hall–Kier alpha value is -0.790. The molecule has 14 heavy (non-hydrogen) atoms. The van der Waals surface area contributed by atoms with Gasteiger partial charge in [0.05, 0.1) is 6.61 Å². The summed E-state index contributed by atoms with van der Waals surface area (Å²) in [5, 5.41) is 0. The number of allylic oxidation sites excluding steroid dienone is 1. The van der Waals surface area contributed by atoms with E-state index in [0.717, 1.165) is 31.3 Å². The van der Waals surface area contributed by atoms with Crippen molar-refractivity contribution in [2.24, 2.45) is 0 Å². The maximum absolute atomic E-state index is 11.5. The Morgan fingerprint density at radius 3 is 1.93 bits per heavy atom. The molecule has 0 aromatic heterocycles. The zero-order chi connectivity index (χ0) is 11.0. The highest BCUT2D eigenvalue weighted by atomic mass is 16.5. The van der Waals surface area contributed by atoms with Crippen molar-refractivity contribution in [2.45, 2.75) is 53.4 Å². The minimum Gasteiger partial charge on any atom is -0.463 e. The maximum Gasteiger partial charge on any atom is 0.333 e. The number of ether oxygens (including phenoxy) is 1. The monoisotopic (exact) mass is 198 g/mol. The summed E-state index contributed by atoms with van der Waals surface area (Å²) in [6.45, 7) is 8.44. The summed E-state index contributed by atoms with van der Waals surface area (Å²) in [7, 11) is 0. The van der Waals surface area contributed by atoms with Crippen LogP contribution >= 0.6 is 0 Å². The molecule has 0 saturated heterocycles.